The zero-order chi connectivity index (χ0) is 7.28. The van der Waals surface area contributed by atoms with E-state index >= 15 is 0 Å². The number of hydrogen-bond donors (Lipinski definition) is 0. The average Bonchev–Trinajstić information content (AvgIpc) is 1.82. The van der Waals surface area contributed by atoms with Gasteiger partial charge < -0.3 is 4.90 Å². The Bertz CT molecular complexity index is 95.1. The molecule has 0 aliphatic rings. The van der Waals surface area contributed by atoms with Crippen molar-refractivity contribution in [3.8, 4) is 0 Å². The average molecular weight is 128 g/mol. The lowest BCUT2D eigenvalue weighted by Gasteiger charge is -2.10. The fourth-order valence-electron chi connectivity index (χ4n) is 0.415. The van der Waals surface area contributed by atoms with Crippen LogP contribution in [0.2, 0.25) is 0 Å². The first-order valence-electron chi connectivity index (χ1n) is 3.36. The van der Waals surface area contributed by atoms with Gasteiger partial charge in [-0.25, -0.2) is 0 Å². The Kier molecular flexibility index (Phi) is 4.10. The molecule has 0 bridgehead atoms. The van der Waals surface area contributed by atoms with Gasteiger partial charge in [-0.2, -0.15) is 0 Å². The second-order valence-electron chi connectivity index (χ2n) is 2.32. The lowest BCUT2D eigenvalue weighted by atomic mass is 10.5. The molecule has 0 saturated heterocycles. The van der Waals surface area contributed by atoms with Gasteiger partial charge in [-0.15, -0.1) is 0 Å². The van der Waals surface area contributed by atoms with Gasteiger partial charge in [0.1, 0.15) is 0 Å². The van der Waals surface area contributed by atoms with Gasteiger partial charge >= 0.3 is 0 Å². The second kappa shape index (κ2) is 4.36. The topological polar surface area (TPSA) is 15.6 Å². The van der Waals surface area contributed by atoms with Crippen molar-refractivity contribution >= 4 is 5.84 Å². The Morgan fingerprint density at radius 3 is 2.33 bits per heavy atom. The van der Waals surface area contributed by atoms with E-state index in [2.05, 4.69) is 11.9 Å². The number of nitrogens with zero attached hydrogens (tertiary/aromatic N) is 2. The predicted octanol–water partition coefficient (Wildman–Crippen LogP) is 1.38. The van der Waals surface area contributed by atoms with E-state index in [-0.39, 0.29) is 0 Å². The molecule has 0 aliphatic heterocycles. The molecule has 0 aromatic carbocycles. The minimum atomic E-state index is 0.948. The molecular formula is C7H16N2. The number of amidine groups is 1. The third-order valence-corrected chi connectivity index (χ3v) is 1.21. The molecule has 0 heterocycles. The van der Waals surface area contributed by atoms with Crippen molar-refractivity contribution in [2.75, 3.05) is 20.6 Å². The summed E-state index contributed by atoms with van der Waals surface area (Å²) in [5.74, 6) is 1.11. The lowest BCUT2D eigenvalue weighted by molar-refractivity contribution is 0.613. The highest BCUT2D eigenvalue weighted by atomic mass is 15.1. The molecule has 0 fully saturated rings. The van der Waals surface area contributed by atoms with Crippen LogP contribution in [0, 0.1) is 0 Å². The highest BCUT2D eigenvalue weighted by Crippen LogP contribution is 1.84. The van der Waals surface area contributed by atoms with Gasteiger partial charge in [0, 0.05) is 20.6 Å². The second-order valence-corrected chi connectivity index (χ2v) is 2.32. The summed E-state index contributed by atoms with van der Waals surface area (Å²) in [5, 5.41) is 0. The number of rotatable bonds is 2. The highest BCUT2D eigenvalue weighted by molar-refractivity contribution is 5.79. The highest BCUT2D eigenvalue weighted by Gasteiger charge is 1.88. The summed E-state index contributed by atoms with van der Waals surface area (Å²) in [6.45, 7) is 5.10. The SMILES string of the molecule is CCCN=C(C)N(C)C. The number of aliphatic imine (C=N–C) groups is 1. The Morgan fingerprint density at radius 2 is 2.00 bits per heavy atom. The molecule has 0 N–H and O–H groups in total. The van der Waals surface area contributed by atoms with Crippen molar-refractivity contribution in [3.05, 3.63) is 0 Å². The van der Waals surface area contributed by atoms with Gasteiger partial charge in [0.15, 0.2) is 0 Å². The molecule has 2 heteroatoms. The molecule has 0 spiro atoms. The smallest absolute Gasteiger partial charge is 0.0952 e. The maximum Gasteiger partial charge on any atom is 0.0952 e. The van der Waals surface area contributed by atoms with Crippen molar-refractivity contribution in [2.45, 2.75) is 20.3 Å². The molecule has 0 atom stereocenters. The Morgan fingerprint density at radius 1 is 1.44 bits per heavy atom. The maximum atomic E-state index is 4.28. The van der Waals surface area contributed by atoms with Crippen LogP contribution < -0.4 is 0 Å². The molecule has 0 aromatic heterocycles. The van der Waals surface area contributed by atoms with Gasteiger partial charge in [-0.05, 0) is 13.3 Å². The van der Waals surface area contributed by atoms with E-state index in [0.717, 1.165) is 18.8 Å². The van der Waals surface area contributed by atoms with Crippen LogP contribution in [0.25, 0.3) is 0 Å². The van der Waals surface area contributed by atoms with Gasteiger partial charge in [-0.3, -0.25) is 4.99 Å². The molecule has 0 aliphatic carbocycles. The van der Waals surface area contributed by atoms with Gasteiger partial charge in [0.2, 0.25) is 0 Å². The van der Waals surface area contributed by atoms with Crippen molar-refractivity contribution in [3.63, 3.8) is 0 Å². The van der Waals surface area contributed by atoms with Crippen LogP contribution in [-0.4, -0.2) is 31.4 Å². The third kappa shape index (κ3) is 4.01. The number of hydrogen-bond acceptors (Lipinski definition) is 1. The Hall–Kier alpha value is -0.530. The zero-order valence-corrected chi connectivity index (χ0v) is 6.81. The molecule has 0 radical (unpaired) electrons. The van der Waals surface area contributed by atoms with E-state index in [1.54, 1.807) is 0 Å². The zero-order valence-electron chi connectivity index (χ0n) is 6.81. The van der Waals surface area contributed by atoms with E-state index in [1.165, 1.54) is 0 Å². The molecule has 2 nitrogen and oxygen atoms in total. The minimum Gasteiger partial charge on any atom is -0.367 e. The van der Waals surface area contributed by atoms with Crippen molar-refractivity contribution in [1.29, 1.82) is 0 Å². The van der Waals surface area contributed by atoms with Crippen LogP contribution in [-0.2, 0) is 0 Å². The van der Waals surface area contributed by atoms with Gasteiger partial charge in [-0.1, -0.05) is 6.92 Å². The van der Waals surface area contributed by atoms with Crippen molar-refractivity contribution in [2.24, 2.45) is 4.99 Å². The first-order chi connectivity index (χ1) is 4.18. The molecule has 0 rings (SSSR count). The minimum absolute atomic E-state index is 0.948. The van der Waals surface area contributed by atoms with Crippen LogP contribution in [0.4, 0.5) is 0 Å². The summed E-state index contributed by atoms with van der Waals surface area (Å²) in [7, 11) is 4.02. The standard InChI is InChI=1S/C7H16N2/c1-5-6-8-7(2)9(3)4/h5-6H2,1-4H3. The summed E-state index contributed by atoms with van der Waals surface area (Å²) in [5.41, 5.74) is 0. The summed E-state index contributed by atoms with van der Waals surface area (Å²) >= 11 is 0. The Balaban J connectivity index is 3.55. The quantitative estimate of drug-likeness (QED) is 0.405. The van der Waals surface area contributed by atoms with E-state index in [1.807, 2.05) is 25.9 Å². The summed E-state index contributed by atoms with van der Waals surface area (Å²) in [6.07, 6.45) is 1.13. The summed E-state index contributed by atoms with van der Waals surface area (Å²) in [4.78, 5) is 6.31. The van der Waals surface area contributed by atoms with Crippen molar-refractivity contribution < 1.29 is 0 Å². The molecule has 9 heavy (non-hydrogen) atoms. The van der Waals surface area contributed by atoms with Gasteiger partial charge in [0.25, 0.3) is 0 Å². The van der Waals surface area contributed by atoms with Crippen LogP contribution in [0.5, 0.6) is 0 Å². The summed E-state index contributed by atoms with van der Waals surface area (Å²) < 4.78 is 0. The maximum absolute atomic E-state index is 4.28. The van der Waals surface area contributed by atoms with Crippen LogP contribution >= 0.6 is 0 Å². The summed E-state index contributed by atoms with van der Waals surface area (Å²) in [6, 6.07) is 0. The first kappa shape index (κ1) is 8.47. The molecular weight excluding hydrogens is 112 g/mol. The van der Waals surface area contributed by atoms with Gasteiger partial charge in [0.05, 0.1) is 5.84 Å². The molecule has 0 aromatic rings. The fraction of sp³-hybridized carbons (Fsp3) is 0.857. The first-order valence-corrected chi connectivity index (χ1v) is 3.36. The van der Waals surface area contributed by atoms with E-state index in [4.69, 9.17) is 0 Å². The molecule has 0 unspecified atom stereocenters. The lowest BCUT2D eigenvalue weighted by Crippen LogP contribution is -2.18. The monoisotopic (exact) mass is 128 g/mol. The van der Waals surface area contributed by atoms with E-state index in [0.29, 0.717) is 0 Å². The normalized spacial score (nSPS) is 11.8. The fourth-order valence-corrected chi connectivity index (χ4v) is 0.415. The van der Waals surface area contributed by atoms with Crippen LogP contribution in [0.1, 0.15) is 20.3 Å². The predicted molar refractivity (Wildman–Crippen MR) is 42.0 cm³/mol. The third-order valence-electron chi connectivity index (χ3n) is 1.21. The molecule has 0 saturated carbocycles. The molecule has 0 amide bonds. The largest absolute Gasteiger partial charge is 0.367 e. The molecule has 54 valence electrons. The Labute approximate surface area is 57.6 Å². The van der Waals surface area contributed by atoms with Crippen LogP contribution in [0.15, 0.2) is 4.99 Å². The van der Waals surface area contributed by atoms with Crippen molar-refractivity contribution in [1.82, 2.24) is 4.90 Å². The van der Waals surface area contributed by atoms with E-state index < -0.39 is 0 Å². The van der Waals surface area contributed by atoms with E-state index in [9.17, 15) is 0 Å². The van der Waals surface area contributed by atoms with Crippen LogP contribution in [0.3, 0.4) is 0 Å².